The summed E-state index contributed by atoms with van der Waals surface area (Å²) in [5.74, 6) is -1.72. The first kappa shape index (κ1) is 54.2. The van der Waals surface area contributed by atoms with Gasteiger partial charge in [-0.15, -0.1) is 0 Å². The van der Waals surface area contributed by atoms with Crippen LogP contribution in [-0.4, -0.2) is 167 Å². The van der Waals surface area contributed by atoms with Gasteiger partial charge in [0.15, 0.2) is 0 Å². The van der Waals surface area contributed by atoms with Crippen LogP contribution in [0.15, 0.2) is 49.1 Å². The van der Waals surface area contributed by atoms with Gasteiger partial charge in [-0.3, -0.25) is 33.9 Å². The molecule has 72 heavy (non-hydrogen) atoms. The van der Waals surface area contributed by atoms with Crippen LogP contribution in [-0.2, 0) is 39.6 Å². The predicted molar refractivity (Wildman–Crippen MR) is 260 cm³/mol. The fraction of sp³-hybridized carbons (Fsp3) is 0.640. The molecule has 394 valence electrons. The lowest BCUT2D eigenvalue weighted by Crippen LogP contribution is -2.59. The average molecular weight is 1010 g/mol. The zero-order valence-electron chi connectivity index (χ0n) is 41.5. The highest BCUT2D eigenvalue weighted by Gasteiger charge is 2.45. The lowest BCUT2D eigenvalue weighted by molar-refractivity contribution is -0.137. The number of fused-ring (bicyclic) bond motifs is 1. The lowest BCUT2D eigenvalue weighted by atomic mass is 9.82. The number of benzene rings is 1. The molecule has 0 radical (unpaired) electrons. The largest absolute Gasteiger partial charge is 0.416 e. The molecule has 1 unspecified atom stereocenters. The molecule has 7 rings (SSSR count). The van der Waals surface area contributed by atoms with Crippen LogP contribution in [0.4, 0.5) is 19.0 Å². The maximum Gasteiger partial charge on any atom is 0.416 e. The van der Waals surface area contributed by atoms with Gasteiger partial charge in [0.05, 0.1) is 68.1 Å². The standard InChI is InChI=1S/C50H70F3N11O8/c1-30(2)62(3)35-12-14-41(64-19-15-39(49(64)70)60-46-36-24-33(50(51,52)53)9-13-38(36)57-29-58-46)40(25-35)61-47(68)31-7-10-34(11-8-31)59-42(65)16-20-71-22-23-72-21-18-55-43(66)28-56-48(69)37-26-44(67)63(4)45(37)32-6-5-17-54-27-32/h5-6,9,13,17,24,27,29-31,34-35,37,39-41,44-45,67H,7-8,10-12,14-16,18-23,25-26,28H2,1-4H3,(H,55,66)(H,56,69)(H,59,65)(H,61,68)(H,57,58,60)/t31?,34?,35-,37+,39+,40-,41+,44?,45-/m1/s1. The molecule has 4 fully saturated rings. The number of amides is 5. The van der Waals surface area contributed by atoms with E-state index in [4.69, 9.17) is 9.47 Å². The molecule has 4 heterocycles. The summed E-state index contributed by atoms with van der Waals surface area (Å²) in [4.78, 5) is 84.5. The van der Waals surface area contributed by atoms with Crippen LogP contribution in [0.1, 0.15) is 95.2 Å². The number of anilines is 1. The van der Waals surface area contributed by atoms with Crippen molar-refractivity contribution in [2.24, 2.45) is 11.8 Å². The Hall–Kier alpha value is -5.55. The minimum atomic E-state index is -4.55. The van der Waals surface area contributed by atoms with Crippen molar-refractivity contribution in [3.05, 3.63) is 60.2 Å². The number of carbonyl (C=O) groups is 5. The first-order valence-electron chi connectivity index (χ1n) is 25.2. The van der Waals surface area contributed by atoms with Gasteiger partial charge in [0, 0.05) is 67.8 Å². The molecule has 4 aliphatic rings. The van der Waals surface area contributed by atoms with Crippen molar-refractivity contribution in [2.75, 3.05) is 65.5 Å². The SMILES string of the molecule is CC(C)N(C)[C@@H]1CC[C@H](N2CC[C@H](Nc3ncnc4ccc(C(F)(F)F)cc34)C2=O)[C@H](NC(=O)C2CCC(NC(=O)CCOCCOCCNC(=O)CNC(=O)[C@H]3CC(O)N(C)[C@@H]3c3cccnc3)CC2)C1. The van der Waals surface area contributed by atoms with Crippen molar-refractivity contribution >= 4 is 46.3 Å². The van der Waals surface area contributed by atoms with E-state index < -0.39 is 29.9 Å². The molecular formula is C50H70F3N11O8. The summed E-state index contributed by atoms with van der Waals surface area (Å²) in [6, 6.07) is 5.66. The third-order valence-corrected chi connectivity index (χ3v) is 14.8. The van der Waals surface area contributed by atoms with E-state index in [0.29, 0.717) is 57.0 Å². The molecule has 6 N–H and O–H groups in total. The Morgan fingerprint density at radius 2 is 1.67 bits per heavy atom. The maximum absolute atomic E-state index is 14.1. The summed E-state index contributed by atoms with van der Waals surface area (Å²) in [6.07, 6.45) is 4.70. The van der Waals surface area contributed by atoms with Gasteiger partial charge in [-0.05, 0) is 109 Å². The summed E-state index contributed by atoms with van der Waals surface area (Å²) in [7, 11) is 3.82. The third kappa shape index (κ3) is 13.9. The minimum absolute atomic E-state index is 0.0656. The Balaban J connectivity index is 0.780. The number of hydrogen-bond donors (Lipinski definition) is 6. The molecule has 0 spiro atoms. The number of hydrogen-bond acceptors (Lipinski definition) is 14. The molecular weight excluding hydrogens is 940 g/mol. The number of rotatable bonds is 21. The van der Waals surface area contributed by atoms with Crippen LogP contribution >= 0.6 is 0 Å². The Bertz CT molecular complexity index is 2320. The fourth-order valence-electron chi connectivity index (χ4n) is 10.6. The fourth-order valence-corrected chi connectivity index (χ4v) is 10.6. The molecule has 7 atom stereocenters. The molecule has 0 bridgehead atoms. The number of aliphatic hydroxyl groups excluding tert-OH is 1. The smallest absolute Gasteiger partial charge is 0.379 e. The zero-order chi connectivity index (χ0) is 51.5. The molecule has 2 aromatic heterocycles. The second kappa shape index (κ2) is 24.9. The van der Waals surface area contributed by atoms with E-state index in [0.717, 1.165) is 24.1 Å². The zero-order valence-corrected chi connectivity index (χ0v) is 41.5. The summed E-state index contributed by atoms with van der Waals surface area (Å²) < 4.78 is 51.9. The minimum Gasteiger partial charge on any atom is -0.379 e. The number of likely N-dealkylation sites (tertiary alicyclic amines) is 2. The summed E-state index contributed by atoms with van der Waals surface area (Å²) in [6.45, 7) is 5.64. The third-order valence-electron chi connectivity index (χ3n) is 14.8. The summed E-state index contributed by atoms with van der Waals surface area (Å²) >= 11 is 0. The second-order valence-electron chi connectivity index (χ2n) is 19.8. The van der Waals surface area contributed by atoms with Crippen LogP contribution in [0, 0.1) is 11.8 Å². The predicted octanol–water partition coefficient (Wildman–Crippen LogP) is 3.14. The van der Waals surface area contributed by atoms with E-state index in [1.54, 1.807) is 30.4 Å². The normalized spacial score (nSPS) is 26.0. The highest BCUT2D eigenvalue weighted by Crippen LogP contribution is 2.39. The number of alkyl halides is 3. The molecule has 19 nitrogen and oxygen atoms in total. The van der Waals surface area contributed by atoms with Crippen LogP contribution in [0.5, 0.6) is 0 Å². The highest BCUT2D eigenvalue weighted by atomic mass is 19.4. The number of ether oxygens (including phenoxy) is 2. The lowest BCUT2D eigenvalue weighted by Gasteiger charge is -2.45. The number of carbonyl (C=O) groups excluding carboxylic acids is 5. The van der Waals surface area contributed by atoms with E-state index in [1.807, 2.05) is 11.0 Å². The van der Waals surface area contributed by atoms with Gasteiger partial charge < -0.3 is 51.0 Å². The molecule has 1 aromatic carbocycles. The van der Waals surface area contributed by atoms with Crippen molar-refractivity contribution in [3.63, 3.8) is 0 Å². The molecule has 2 saturated carbocycles. The highest BCUT2D eigenvalue weighted by molar-refractivity contribution is 5.93. The van der Waals surface area contributed by atoms with Crippen molar-refractivity contribution in [3.8, 4) is 0 Å². The van der Waals surface area contributed by atoms with Gasteiger partial charge >= 0.3 is 6.18 Å². The number of pyridine rings is 1. The Morgan fingerprint density at radius 1 is 0.903 bits per heavy atom. The van der Waals surface area contributed by atoms with E-state index in [2.05, 4.69) is 67.3 Å². The van der Waals surface area contributed by atoms with E-state index in [1.165, 1.54) is 12.4 Å². The molecule has 22 heteroatoms. The van der Waals surface area contributed by atoms with Gasteiger partial charge in [0.1, 0.15) is 24.4 Å². The number of nitrogens with one attached hydrogen (secondary N) is 5. The molecule has 2 aliphatic heterocycles. The van der Waals surface area contributed by atoms with E-state index in [9.17, 15) is 42.3 Å². The van der Waals surface area contributed by atoms with E-state index >= 15 is 0 Å². The quantitative estimate of drug-likeness (QED) is 0.0843. The van der Waals surface area contributed by atoms with Crippen LogP contribution in [0.2, 0.25) is 0 Å². The number of halogens is 3. The van der Waals surface area contributed by atoms with Gasteiger partial charge in [-0.2, -0.15) is 13.2 Å². The van der Waals surface area contributed by atoms with Gasteiger partial charge in [0.2, 0.25) is 29.5 Å². The van der Waals surface area contributed by atoms with Crippen molar-refractivity contribution in [2.45, 2.75) is 133 Å². The molecule has 5 amide bonds. The van der Waals surface area contributed by atoms with Crippen molar-refractivity contribution < 1.29 is 51.7 Å². The van der Waals surface area contributed by atoms with Crippen LogP contribution in [0.3, 0.4) is 0 Å². The number of aliphatic hydroxyl groups is 1. The van der Waals surface area contributed by atoms with Crippen molar-refractivity contribution in [1.29, 1.82) is 0 Å². The summed E-state index contributed by atoms with van der Waals surface area (Å²) in [5.41, 5.74) is 0.304. The van der Waals surface area contributed by atoms with Gasteiger partial charge in [0.25, 0.3) is 0 Å². The Kier molecular flexibility index (Phi) is 18.8. The second-order valence-corrected chi connectivity index (χ2v) is 19.8. The molecule has 2 saturated heterocycles. The average Bonchev–Trinajstić information content (AvgIpc) is 3.88. The number of aromatic nitrogens is 3. The molecule has 2 aliphatic carbocycles. The monoisotopic (exact) mass is 1010 g/mol. The Labute approximate surface area is 418 Å². The Morgan fingerprint density at radius 3 is 2.39 bits per heavy atom. The van der Waals surface area contributed by atoms with Gasteiger partial charge in [-0.25, -0.2) is 9.97 Å². The first-order valence-corrected chi connectivity index (χ1v) is 25.2. The first-order chi connectivity index (χ1) is 34.5. The molecule has 3 aromatic rings. The van der Waals surface area contributed by atoms with Crippen LogP contribution in [0.25, 0.3) is 10.9 Å². The van der Waals surface area contributed by atoms with Crippen LogP contribution < -0.4 is 26.6 Å². The van der Waals surface area contributed by atoms with Crippen molar-refractivity contribution in [1.82, 2.24) is 50.9 Å². The topological polar surface area (TPSA) is 233 Å². The van der Waals surface area contributed by atoms with E-state index in [-0.39, 0.29) is 135 Å². The summed E-state index contributed by atoms with van der Waals surface area (Å²) in [5, 5.41) is 25.5. The van der Waals surface area contributed by atoms with Gasteiger partial charge in [-0.1, -0.05) is 6.07 Å². The maximum atomic E-state index is 14.1. The number of nitrogens with zero attached hydrogens (tertiary/aromatic N) is 6.